The van der Waals surface area contributed by atoms with Crippen LogP contribution in [0.1, 0.15) is 19.4 Å². The Kier molecular flexibility index (Phi) is 6.33. The van der Waals surface area contributed by atoms with Gasteiger partial charge in [0.15, 0.2) is 0 Å². The van der Waals surface area contributed by atoms with Crippen LogP contribution in [0.25, 0.3) is 6.08 Å². The number of carbonyl (C=O) groups is 1. The zero-order chi connectivity index (χ0) is 14.1. The Labute approximate surface area is 114 Å². The molecule has 0 unspecified atom stereocenters. The minimum Gasteiger partial charge on any atom is -0.325 e. The minimum atomic E-state index is -0.187. The Bertz CT molecular complexity index is 496. The molecule has 0 aliphatic carbocycles. The molecule has 3 nitrogen and oxygen atoms in total. The summed E-state index contributed by atoms with van der Waals surface area (Å²) in [7, 11) is 0. The third-order valence-corrected chi connectivity index (χ3v) is 2.47. The lowest BCUT2D eigenvalue weighted by atomic mass is 10.1. The minimum absolute atomic E-state index is 0.00338. The van der Waals surface area contributed by atoms with Crippen LogP contribution in [0.3, 0.4) is 0 Å². The number of nitrogens with one attached hydrogen (secondary N) is 1. The highest BCUT2D eigenvalue weighted by Crippen LogP contribution is 2.11. The summed E-state index contributed by atoms with van der Waals surface area (Å²) >= 11 is 0. The topological polar surface area (TPSA) is 55.1 Å². The summed E-state index contributed by atoms with van der Waals surface area (Å²) in [4.78, 5) is 11.1. The highest BCUT2D eigenvalue weighted by molar-refractivity contribution is 5.92. The van der Waals surface area contributed by atoms with E-state index < -0.39 is 0 Å². The number of nitrogens with two attached hydrogens (primary N) is 1. The van der Waals surface area contributed by atoms with E-state index in [9.17, 15) is 4.79 Å². The van der Waals surface area contributed by atoms with Gasteiger partial charge in [-0.2, -0.15) is 0 Å². The van der Waals surface area contributed by atoms with E-state index in [1.165, 1.54) is 5.57 Å². The molecule has 0 aliphatic heterocycles. The molecule has 1 rings (SSSR count). The van der Waals surface area contributed by atoms with E-state index in [0.717, 1.165) is 11.3 Å². The van der Waals surface area contributed by atoms with E-state index in [2.05, 4.69) is 5.32 Å². The van der Waals surface area contributed by atoms with Crippen molar-refractivity contribution < 1.29 is 4.79 Å². The molecule has 100 valence electrons. The molecule has 1 aromatic rings. The van der Waals surface area contributed by atoms with Gasteiger partial charge in [0.05, 0.1) is 6.54 Å². The maximum Gasteiger partial charge on any atom is 0.238 e. The summed E-state index contributed by atoms with van der Waals surface area (Å²) in [6.45, 7) is 4.03. The lowest BCUT2D eigenvalue weighted by Gasteiger charge is -2.03. The number of carbonyl (C=O) groups excluding carboxylic acids is 1. The fourth-order valence-electron chi connectivity index (χ4n) is 1.42. The predicted octanol–water partition coefficient (Wildman–Crippen LogP) is 3.12. The summed E-state index contributed by atoms with van der Waals surface area (Å²) in [6.07, 6.45) is 10.1. The second-order valence-corrected chi connectivity index (χ2v) is 4.14. The van der Waals surface area contributed by atoms with Crippen molar-refractivity contribution >= 4 is 17.7 Å². The monoisotopic (exact) mass is 256 g/mol. The molecule has 0 saturated carbocycles. The molecule has 0 fully saturated rings. The van der Waals surface area contributed by atoms with Crippen LogP contribution in [0.4, 0.5) is 5.69 Å². The van der Waals surface area contributed by atoms with E-state index in [1.807, 2.05) is 68.5 Å². The van der Waals surface area contributed by atoms with Gasteiger partial charge in [-0.15, -0.1) is 0 Å². The van der Waals surface area contributed by atoms with Crippen LogP contribution in [0, 0.1) is 0 Å². The first-order valence-electron chi connectivity index (χ1n) is 6.23. The molecule has 3 heteroatoms. The summed E-state index contributed by atoms with van der Waals surface area (Å²) < 4.78 is 0. The molecule has 0 bridgehead atoms. The van der Waals surface area contributed by atoms with Gasteiger partial charge in [-0.3, -0.25) is 4.79 Å². The number of allylic oxidation sites excluding steroid dienone is 5. The molecule has 0 spiro atoms. The number of anilines is 1. The van der Waals surface area contributed by atoms with Crippen molar-refractivity contribution in [1.82, 2.24) is 0 Å². The Balaban J connectivity index is 2.66. The molecule has 0 radical (unpaired) electrons. The van der Waals surface area contributed by atoms with Crippen molar-refractivity contribution in [3.63, 3.8) is 0 Å². The Morgan fingerprint density at radius 1 is 1.32 bits per heavy atom. The fraction of sp³-hybridized carbons (Fsp3) is 0.188. The van der Waals surface area contributed by atoms with Gasteiger partial charge in [-0.1, -0.05) is 48.1 Å². The zero-order valence-electron chi connectivity index (χ0n) is 11.4. The average Bonchev–Trinajstić information content (AvgIpc) is 2.44. The van der Waals surface area contributed by atoms with Crippen LogP contribution in [0.15, 0.2) is 54.1 Å². The molecule has 0 atom stereocenters. The fourth-order valence-corrected chi connectivity index (χ4v) is 1.42. The first-order chi connectivity index (χ1) is 9.15. The van der Waals surface area contributed by atoms with Crippen molar-refractivity contribution in [1.29, 1.82) is 0 Å². The molecule has 0 saturated heterocycles. The molecule has 19 heavy (non-hydrogen) atoms. The maximum absolute atomic E-state index is 11.1. The smallest absolute Gasteiger partial charge is 0.238 e. The van der Waals surface area contributed by atoms with Crippen LogP contribution >= 0.6 is 0 Å². The Hall–Kier alpha value is -2.13. The van der Waals surface area contributed by atoms with Crippen molar-refractivity contribution in [3.8, 4) is 0 Å². The van der Waals surface area contributed by atoms with Crippen molar-refractivity contribution in [3.05, 3.63) is 59.7 Å². The highest BCUT2D eigenvalue weighted by Gasteiger charge is 1.97. The van der Waals surface area contributed by atoms with Gasteiger partial charge in [0.2, 0.25) is 5.91 Å². The molecule has 1 aromatic carbocycles. The van der Waals surface area contributed by atoms with Gasteiger partial charge in [-0.05, 0) is 31.5 Å². The molecule has 1 amide bonds. The average molecular weight is 256 g/mol. The van der Waals surface area contributed by atoms with Crippen LogP contribution < -0.4 is 11.1 Å². The predicted molar refractivity (Wildman–Crippen MR) is 81.7 cm³/mol. The second kappa shape index (κ2) is 8.06. The highest BCUT2D eigenvalue weighted by atomic mass is 16.1. The normalized spacial score (nSPS) is 12.3. The van der Waals surface area contributed by atoms with E-state index >= 15 is 0 Å². The van der Waals surface area contributed by atoms with Gasteiger partial charge in [0, 0.05) is 5.69 Å². The van der Waals surface area contributed by atoms with Gasteiger partial charge < -0.3 is 11.1 Å². The summed E-state index contributed by atoms with van der Waals surface area (Å²) in [5.41, 5.74) is 8.26. The van der Waals surface area contributed by atoms with Gasteiger partial charge in [0.1, 0.15) is 0 Å². The molecule has 0 aliphatic rings. The molecular weight excluding hydrogens is 236 g/mol. The van der Waals surface area contributed by atoms with E-state index in [-0.39, 0.29) is 12.5 Å². The van der Waals surface area contributed by atoms with Crippen molar-refractivity contribution in [2.24, 2.45) is 5.73 Å². The maximum atomic E-state index is 11.1. The first-order valence-corrected chi connectivity index (χ1v) is 6.23. The third kappa shape index (κ3) is 5.84. The standard InChI is InChI=1S/C16H20N2O/c1-3-4-5-13(2)6-7-14-8-10-15(11-9-14)18-16(19)12-17/h3-11H,12,17H2,1-2H3,(H,18,19)/b4-3-,7-6+,13-5+. The number of rotatable bonds is 5. The summed E-state index contributed by atoms with van der Waals surface area (Å²) in [5.74, 6) is -0.187. The van der Waals surface area contributed by atoms with E-state index in [4.69, 9.17) is 5.73 Å². The van der Waals surface area contributed by atoms with Gasteiger partial charge in [0.25, 0.3) is 0 Å². The zero-order valence-corrected chi connectivity index (χ0v) is 11.4. The van der Waals surface area contributed by atoms with Gasteiger partial charge >= 0.3 is 0 Å². The van der Waals surface area contributed by atoms with Crippen LogP contribution in [-0.4, -0.2) is 12.5 Å². The Morgan fingerprint density at radius 2 is 2.00 bits per heavy atom. The number of benzene rings is 1. The molecule has 0 aromatic heterocycles. The van der Waals surface area contributed by atoms with E-state index in [1.54, 1.807) is 0 Å². The number of hydrogen-bond donors (Lipinski definition) is 2. The second-order valence-electron chi connectivity index (χ2n) is 4.14. The van der Waals surface area contributed by atoms with Crippen molar-refractivity contribution in [2.75, 3.05) is 11.9 Å². The lowest BCUT2D eigenvalue weighted by molar-refractivity contribution is -0.114. The lowest BCUT2D eigenvalue weighted by Crippen LogP contribution is -2.21. The Morgan fingerprint density at radius 3 is 2.58 bits per heavy atom. The molecular formula is C16H20N2O. The van der Waals surface area contributed by atoms with Crippen molar-refractivity contribution in [2.45, 2.75) is 13.8 Å². The number of amides is 1. The molecule has 0 heterocycles. The largest absolute Gasteiger partial charge is 0.325 e. The van der Waals surface area contributed by atoms with E-state index in [0.29, 0.717) is 0 Å². The van der Waals surface area contributed by atoms with Crippen LogP contribution in [-0.2, 0) is 4.79 Å². The number of hydrogen-bond acceptors (Lipinski definition) is 2. The van der Waals surface area contributed by atoms with Gasteiger partial charge in [-0.25, -0.2) is 0 Å². The summed E-state index contributed by atoms with van der Waals surface area (Å²) in [6, 6.07) is 7.62. The first kappa shape index (κ1) is 14.9. The quantitative estimate of drug-likeness (QED) is 0.795. The SMILES string of the molecule is C\C=C/C=C(C)/C=C/c1ccc(NC(=O)CN)cc1. The summed E-state index contributed by atoms with van der Waals surface area (Å²) in [5, 5.41) is 2.70. The van der Waals surface area contributed by atoms with Crippen LogP contribution in [0.2, 0.25) is 0 Å². The van der Waals surface area contributed by atoms with Crippen LogP contribution in [0.5, 0.6) is 0 Å². The molecule has 3 N–H and O–H groups in total. The third-order valence-electron chi connectivity index (χ3n) is 2.47.